The third kappa shape index (κ3) is 5.59. The Bertz CT molecular complexity index is 851. The fraction of sp³-hybridized carbons (Fsp3) is 0.158. The van der Waals surface area contributed by atoms with E-state index in [-0.39, 0.29) is 10.7 Å². The number of rotatable bonds is 5. The summed E-state index contributed by atoms with van der Waals surface area (Å²) in [6.07, 6.45) is -3.39. The maximum Gasteiger partial charge on any atom is 0.416 e. The minimum Gasteiger partial charge on any atom is -0.444 e. The van der Waals surface area contributed by atoms with Crippen LogP contribution in [-0.4, -0.2) is 11.9 Å². The normalized spacial score (nSPS) is 12.6. The van der Waals surface area contributed by atoms with E-state index in [9.17, 15) is 22.8 Å². The number of nitrogens with one attached hydrogen (secondary N) is 1. The minimum absolute atomic E-state index is 0.0806. The number of esters is 1. The van der Waals surface area contributed by atoms with Gasteiger partial charge in [0.15, 0.2) is 0 Å². The van der Waals surface area contributed by atoms with Crippen LogP contribution in [0.15, 0.2) is 60.7 Å². The lowest BCUT2D eigenvalue weighted by molar-refractivity contribution is -0.149. The second kappa shape index (κ2) is 8.73. The van der Waals surface area contributed by atoms with Crippen molar-refractivity contribution in [2.45, 2.75) is 19.2 Å². The van der Waals surface area contributed by atoms with Crippen LogP contribution in [0, 0.1) is 0 Å². The van der Waals surface area contributed by atoms with Crippen molar-refractivity contribution in [2.75, 3.05) is 5.32 Å². The van der Waals surface area contributed by atoms with E-state index in [2.05, 4.69) is 5.32 Å². The topological polar surface area (TPSA) is 55.4 Å². The van der Waals surface area contributed by atoms with Gasteiger partial charge in [-0.3, -0.25) is 4.79 Å². The molecule has 0 aliphatic carbocycles. The molecule has 1 N–H and O–H groups in total. The van der Waals surface area contributed by atoms with Crippen molar-refractivity contribution < 1.29 is 27.5 Å². The molecule has 0 radical (unpaired) electrons. The Morgan fingerprint density at radius 3 is 2.41 bits per heavy atom. The molecule has 0 fully saturated rings. The van der Waals surface area contributed by atoms with Crippen LogP contribution in [0.4, 0.5) is 18.9 Å². The van der Waals surface area contributed by atoms with Crippen LogP contribution in [0.5, 0.6) is 0 Å². The van der Waals surface area contributed by atoms with Crippen molar-refractivity contribution in [1.29, 1.82) is 0 Å². The van der Waals surface area contributed by atoms with Crippen LogP contribution in [0.25, 0.3) is 0 Å². The molecule has 0 saturated carbocycles. The van der Waals surface area contributed by atoms with E-state index in [1.807, 2.05) is 0 Å². The van der Waals surface area contributed by atoms with E-state index in [1.54, 1.807) is 37.3 Å². The first-order chi connectivity index (χ1) is 12.7. The number of benzene rings is 2. The van der Waals surface area contributed by atoms with Crippen molar-refractivity contribution >= 4 is 29.2 Å². The van der Waals surface area contributed by atoms with Gasteiger partial charge in [-0.1, -0.05) is 48.0 Å². The third-order valence-electron chi connectivity index (χ3n) is 3.43. The molecular formula is C19H15ClF3NO3. The summed E-state index contributed by atoms with van der Waals surface area (Å²) in [5.41, 5.74) is -0.847. The maximum atomic E-state index is 12.9. The number of alkyl halides is 3. The number of carbonyl (C=O) groups excluding carboxylic acids is 2. The Hall–Kier alpha value is -2.80. The predicted octanol–water partition coefficient (Wildman–Crippen LogP) is 5.16. The summed E-state index contributed by atoms with van der Waals surface area (Å²) in [6, 6.07) is 10.6. The monoisotopic (exact) mass is 397 g/mol. The van der Waals surface area contributed by atoms with Gasteiger partial charge in [-0.05, 0) is 25.1 Å². The second-order valence-electron chi connectivity index (χ2n) is 5.41. The summed E-state index contributed by atoms with van der Waals surface area (Å²) >= 11 is 5.90. The number of halogens is 4. The summed E-state index contributed by atoms with van der Waals surface area (Å²) in [6.45, 7) is 1.60. The molecule has 0 heterocycles. The van der Waals surface area contributed by atoms with Crippen molar-refractivity contribution in [3.8, 4) is 0 Å². The second-order valence-corrected chi connectivity index (χ2v) is 5.82. The van der Waals surface area contributed by atoms with E-state index in [1.165, 1.54) is 6.08 Å². The molecule has 1 atom stereocenters. The van der Waals surface area contributed by atoms with Gasteiger partial charge in [0.25, 0.3) is 5.91 Å². The van der Waals surface area contributed by atoms with Crippen molar-refractivity contribution in [3.05, 3.63) is 76.8 Å². The zero-order valence-corrected chi connectivity index (χ0v) is 14.8. The van der Waals surface area contributed by atoms with Crippen molar-refractivity contribution in [2.24, 2.45) is 0 Å². The molecule has 0 aliphatic heterocycles. The van der Waals surface area contributed by atoms with Gasteiger partial charge in [-0.2, -0.15) is 13.2 Å². The van der Waals surface area contributed by atoms with E-state index in [4.69, 9.17) is 16.3 Å². The van der Waals surface area contributed by atoms with Crippen LogP contribution in [0.2, 0.25) is 5.02 Å². The summed E-state index contributed by atoms with van der Waals surface area (Å²) in [4.78, 5) is 24.4. The summed E-state index contributed by atoms with van der Waals surface area (Å²) in [5.74, 6) is -1.60. The van der Waals surface area contributed by atoms with E-state index in [0.717, 1.165) is 24.3 Å². The molecule has 4 nitrogen and oxygen atoms in total. The van der Waals surface area contributed by atoms with Crippen molar-refractivity contribution in [3.63, 3.8) is 0 Å². The van der Waals surface area contributed by atoms with Crippen LogP contribution in [-0.2, 0) is 20.5 Å². The molecule has 2 aromatic carbocycles. The average Bonchev–Trinajstić information content (AvgIpc) is 2.61. The molecule has 0 spiro atoms. The molecule has 27 heavy (non-hydrogen) atoms. The number of allylic oxidation sites excluding steroid dienone is 1. The SMILES string of the molecule is C/C=C/C(=O)O[C@@H](C(=O)Nc1cc(C(F)(F)F)ccc1Cl)c1ccccc1. The van der Waals surface area contributed by atoms with E-state index < -0.39 is 29.7 Å². The molecule has 1 amide bonds. The van der Waals surface area contributed by atoms with E-state index >= 15 is 0 Å². The largest absolute Gasteiger partial charge is 0.444 e. The smallest absolute Gasteiger partial charge is 0.416 e. The fourth-order valence-corrected chi connectivity index (χ4v) is 2.35. The lowest BCUT2D eigenvalue weighted by Crippen LogP contribution is -2.25. The van der Waals surface area contributed by atoms with Crippen LogP contribution < -0.4 is 5.32 Å². The lowest BCUT2D eigenvalue weighted by atomic mass is 10.1. The Morgan fingerprint density at radius 2 is 1.81 bits per heavy atom. The first-order valence-corrected chi connectivity index (χ1v) is 8.16. The van der Waals surface area contributed by atoms with Gasteiger partial charge in [-0.25, -0.2) is 4.79 Å². The number of ether oxygens (including phenoxy) is 1. The summed E-state index contributed by atoms with van der Waals surface area (Å²) in [7, 11) is 0. The minimum atomic E-state index is -4.60. The standard InChI is InChI=1S/C19H15ClF3NO3/c1-2-6-16(25)27-17(12-7-4-3-5-8-12)18(26)24-15-11-13(19(21,22)23)9-10-14(15)20/h2-11,17H,1H3,(H,24,26)/b6-2+/t17-/m1/s1. The van der Waals surface area contributed by atoms with Crippen LogP contribution in [0.1, 0.15) is 24.2 Å². The van der Waals surface area contributed by atoms with Crippen LogP contribution in [0.3, 0.4) is 0 Å². The summed E-state index contributed by atoms with van der Waals surface area (Å²) < 4.78 is 43.8. The van der Waals surface area contributed by atoms with Gasteiger partial charge in [-0.15, -0.1) is 0 Å². The maximum absolute atomic E-state index is 12.9. The number of hydrogen-bond donors (Lipinski definition) is 1. The summed E-state index contributed by atoms with van der Waals surface area (Å²) in [5, 5.41) is 2.22. The first-order valence-electron chi connectivity index (χ1n) is 7.78. The van der Waals surface area contributed by atoms with Gasteiger partial charge in [0.1, 0.15) is 0 Å². The van der Waals surface area contributed by atoms with E-state index in [0.29, 0.717) is 5.56 Å². The Balaban J connectivity index is 2.32. The zero-order chi connectivity index (χ0) is 20.0. The van der Waals surface area contributed by atoms with Gasteiger partial charge in [0, 0.05) is 11.6 Å². The number of anilines is 1. The van der Waals surface area contributed by atoms with Gasteiger partial charge < -0.3 is 10.1 Å². The molecular weight excluding hydrogens is 383 g/mol. The number of amides is 1. The number of carbonyl (C=O) groups is 2. The van der Waals surface area contributed by atoms with Crippen LogP contribution >= 0.6 is 11.6 Å². The molecule has 2 rings (SSSR count). The highest BCUT2D eigenvalue weighted by Gasteiger charge is 2.32. The third-order valence-corrected chi connectivity index (χ3v) is 3.76. The molecule has 0 bridgehead atoms. The lowest BCUT2D eigenvalue weighted by Gasteiger charge is -2.18. The van der Waals surface area contributed by atoms with Gasteiger partial charge >= 0.3 is 12.1 Å². The fourth-order valence-electron chi connectivity index (χ4n) is 2.19. The highest BCUT2D eigenvalue weighted by Crippen LogP contribution is 2.34. The Morgan fingerprint density at radius 1 is 1.15 bits per heavy atom. The molecule has 2 aromatic rings. The molecule has 0 aromatic heterocycles. The zero-order valence-electron chi connectivity index (χ0n) is 14.1. The number of hydrogen-bond acceptors (Lipinski definition) is 3. The average molecular weight is 398 g/mol. The molecule has 0 aliphatic rings. The Labute approximate surface area is 158 Å². The molecule has 0 saturated heterocycles. The van der Waals surface area contributed by atoms with Gasteiger partial charge in [0.2, 0.25) is 6.10 Å². The predicted molar refractivity (Wildman–Crippen MR) is 95.2 cm³/mol. The Kier molecular flexibility index (Phi) is 6.63. The highest BCUT2D eigenvalue weighted by molar-refractivity contribution is 6.33. The molecule has 0 unspecified atom stereocenters. The van der Waals surface area contributed by atoms with Crippen molar-refractivity contribution in [1.82, 2.24) is 0 Å². The molecule has 142 valence electrons. The van der Waals surface area contributed by atoms with Gasteiger partial charge in [0.05, 0.1) is 16.3 Å². The highest BCUT2D eigenvalue weighted by atomic mass is 35.5. The first kappa shape index (κ1) is 20.5. The molecule has 8 heteroatoms. The quantitative estimate of drug-likeness (QED) is 0.560.